The maximum absolute atomic E-state index is 12.0. The number of nitrogens with zero attached hydrogens (tertiary/aromatic N) is 2. The predicted molar refractivity (Wildman–Crippen MR) is 91.0 cm³/mol. The van der Waals surface area contributed by atoms with Gasteiger partial charge in [0.05, 0.1) is 0 Å². The molecule has 1 aliphatic heterocycles. The van der Waals surface area contributed by atoms with Gasteiger partial charge in [-0.3, -0.25) is 14.7 Å². The summed E-state index contributed by atoms with van der Waals surface area (Å²) in [7, 11) is 0. The second-order valence-corrected chi connectivity index (χ2v) is 6.05. The van der Waals surface area contributed by atoms with Gasteiger partial charge in [0.25, 0.3) is 5.91 Å². The summed E-state index contributed by atoms with van der Waals surface area (Å²) in [6.45, 7) is 3.98. The number of carbonyl (C=O) groups excluding carboxylic acids is 1. The Morgan fingerprint density at radius 3 is 2.43 bits per heavy atom. The van der Waals surface area contributed by atoms with Crippen LogP contribution >= 0.6 is 0 Å². The molecule has 3 rings (SSSR count). The lowest BCUT2D eigenvalue weighted by Crippen LogP contribution is -2.29. The molecular weight excluding hydrogens is 286 g/mol. The molecule has 1 amide bonds. The van der Waals surface area contributed by atoms with Crippen molar-refractivity contribution in [2.24, 2.45) is 0 Å². The standard InChI is InChI=1S/C19H23N3O/c23-19(18-6-2-3-11-20-18)21-14-16-7-9-17(10-8-16)15-22-12-4-1-5-13-22/h2-3,6-11H,1,4-5,12-15H2,(H,21,23). The monoisotopic (exact) mass is 309 g/mol. The number of carbonyl (C=O) groups is 1. The summed E-state index contributed by atoms with van der Waals surface area (Å²) in [5.41, 5.74) is 2.90. The molecule has 0 radical (unpaired) electrons. The first-order valence-corrected chi connectivity index (χ1v) is 8.31. The number of hydrogen-bond donors (Lipinski definition) is 1. The molecule has 1 fully saturated rings. The van der Waals surface area contributed by atoms with Crippen LogP contribution in [0.2, 0.25) is 0 Å². The van der Waals surface area contributed by atoms with E-state index in [0.29, 0.717) is 12.2 Å². The van der Waals surface area contributed by atoms with Gasteiger partial charge in [-0.2, -0.15) is 0 Å². The molecular formula is C19H23N3O. The molecule has 0 bridgehead atoms. The fourth-order valence-corrected chi connectivity index (χ4v) is 2.91. The maximum atomic E-state index is 12.0. The molecule has 0 saturated carbocycles. The number of benzene rings is 1. The van der Waals surface area contributed by atoms with Crippen LogP contribution in [0.4, 0.5) is 0 Å². The molecule has 4 heteroatoms. The van der Waals surface area contributed by atoms with E-state index >= 15 is 0 Å². The van der Waals surface area contributed by atoms with Crippen LogP contribution in [0.25, 0.3) is 0 Å². The largest absolute Gasteiger partial charge is 0.347 e. The lowest BCUT2D eigenvalue weighted by atomic mass is 10.1. The third-order valence-electron chi connectivity index (χ3n) is 4.23. The Kier molecular flexibility index (Phi) is 5.37. The average Bonchev–Trinajstić information content (AvgIpc) is 2.62. The van der Waals surface area contributed by atoms with Gasteiger partial charge in [0.15, 0.2) is 0 Å². The summed E-state index contributed by atoms with van der Waals surface area (Å²) in [6, 6.07) is 13.9. The van der Waals surface area contributed by atoms with Crippen LogP contribution in [-0.4, -0.2) is 28.9 Å². The fraction of sp³-hybridized carbons (Fsp3) is 0.368. The number of nitrogens with one attached hydrogen (secondary N) is 1. The number of hydrogen-bond acceptors (Lipinski definition) is 3. The van der Waals surface area contributed by atoms with E-state index < -0.39 is 0 Å². The summed E-state index contributed by atoms with van der Waals surface area (Å²) >= 11 is 0. The predicted octanol–water partition coefficient (Wildman–Crippen LogP) is 3.00. The Labute approximate surface area is 137 Å². The van der Waals surface area contributed by atoms with Crippen LogP contribution < -0.4 is 5.32 Å². The van der Waals surface area contributed by atoms with Crippen molar-refractivity contribution in [2.45, 2.75) is 32.4 Å². The zero-order valence-corrected chi connectivity index (χ0v) is 13.4. The van der Waals surface area contributed by atoms with Gasteiger partial charge in [-0.25, -0.2) is 0 Å². The van der Waals surface area contributed by atoms with Gasteiger partial charge < -0.3 is 5.32 Å². The van der Waals surface area contributed by atoms with Crippen LogP contribution in [0.15, 0.2) is 48.7 Å². The minimum atomic E-state index is -0.136. The highest BCUT2D eigenvalue weighted by molar-refractivity contribution is 5.92. The molecule has 1 N–H and O–H groups in total. The summed E-state index contributed by atoms with van der Waals surface area (Å²) in [6.07, 6.45) is 5.63. The molecule has 0 atom stereocenters. The zero-order chi connectivity index (χ0) is 15.9. The van der Waals surface area contributed by atoms with Crippen molar-refractivity contribution >= 4 is 5.91 Å². The third kappa shape index (κ3) is 4.63. The number of amides is 1. The zero-order valence-electron chi connectivity index (χ0n) is 13.4. The maximum Gasteiger partial charge on any atom is 0.270 e. The number of piperidine rings is 1. The van der Waals surface area contributed by atoms with E-state index in [9.17, 15) is 4.79 Å². The average molecular weight is 309 g/mol. The van der Waals surface area contributed by atoms with E-state index in [1.54, 1.807) is 18.3 Å². The lowest BCUT2D eigenvalue weighted by molar-refractivity contribution is 0.0946. The van der Waals surface area contributed by atoms with Gasteiger partial charge in [-0.15, -0.1) is 0 Å². The quantitative estimate of drug-likeness (QED) is 0.923. The Morgan fingerprint density at radius 1 is 1.00 bits per heavy atom. The minimum Gasteiger partial charge on any atom is -0.347 e. The molecule has 0 spiro atoms. The number of pyridine rings is 1. The van der Waals surface area contributed by atoms with E-state index in [4.69, 9.17) is 0 Å². The first-order chi connectivity index (χ1) is 11.3. The van der Waals surface area contributed by atoms with Crippen molar-refractivity contribution in [1.82, 2.24) is 15.2 Å². The highest BCUT2D eigenvalue weighted by atomic mass is 16.1. The molecule has 23 heavy (non-hydrogen) atoms. The Hall–Kier alpha value is -2.20. The highest BCUT2D eigenvalue weighted by Gasteiger charge is 2.10. The van der Waals surface area contributed by atoms with E-state index in [1.165, 1.54) is 37.9 Å². The summed E-state index contributed by atoms with van der Waals surface area (Å²) < 4.78 is 0. The molecule has 4 nitrogen and oxygen atoms in total. The summed E-state index contributed by atoms with van der Waals surface area (Å²) in [5, 5.41) is 2.90. The Bertz CT molecular complexity index is 619. The van der Waals surface area contributed by atoms with Crippen molar-refractivity contribution in [3.05, 3.63) is 65.5 Å². The molecule has 120 valence electrons. The van der Waals surface area contributed by atoms with Gasteiger partial charge in [0.1, 0.15) is 5.69 Å². The van der Waals surface area contributed by atoms with E-state index in [1.807, 2.05) is 6.07 Å². The Balaban J connectivity index is 1.50. The van der Waals surface area contributed by atoms with Crippen molar-refractivity contribution in [1.29, 1.82) is 0 Å². The Morgan fingerprint density at radius 2 is 1.74 bits per heavy atom. The highest BCUT2D eigenvalue weighted by Crippen LogP contribution is 2.13. The number of rotatable bonds is 5. The van der Waals surface area contributed by atoms with Crippen LogP contribution in [0.3, 0.4) is 0 Å². The third-order valence-corrected chi connectivity index (χ3v) is 4.23. The van der Waals surface area contributed by atoms with E-state index in [2.05, 4.69) is 39.5 Å². The molecule has 1 aliphatic rings. The van der Waals surface area contributed by atoms with E-state index in [-0.39, 0.29) is 5.91 Å². The lowest BCUT2D eigenvalue weighted by Gasteiger charge is -2.26. The van der Waals surface area contributed by atoms with Gasteiger partial charge >= 0.3 is 0 Å². The smallest absolute Gasteiger partial charge is 0.270 e. The molecule has 0 unspecified atom stereocenters. The summed E-state index contributed by atoms with van der Waals surface area (Å²) in [5.74, 6) is -0.136. The second kappa shape index (κ2) is 7.88. The van der Waals surface area contributed by atoms with Crippen molar-refractivity contribution in [3.63, 3.8) is 0 Å². The van der Waals surface area contributed by atoms with Crippen LogP contribution in [0, 0.1) is 0 Å². The second-order valence-electron chi connectivity index (χ2n) is 6.05. The van der Waals surface area contributed by atoms with Gasteiger partial charge in [0.2, 0.25) is 0 Å². The van der Waals surface area contributed by atoms with E-state index in [0.717, 1.165) is 12.1 Å². The topological polar surface area (TPSA) is 45.2 Å². The van der Waals surface area contributed by atoms with Crippen LogP contribution in [-0.2, 0) is 13.1 Å². The first-order valence-electron chi connectivity index (χ1n) is 8.31. The van der Waals surface area contributed by atoms with Gasteiger partial charge in [-0.05, 0) is 49.2 Å². The number of aromatic nitrogens is 1. The first kappa shape index (κ1) is 15.7. The molecule has 1 aromatic heterocycles. The van der Waals surface area contributed by atoms with Gasteiger partial charge in [0, 0.05) is 19.3 Å². The molecule has 2 heterocycles. The van der Waals surface area contributed by atoms with Gasteiger partial charge in [-0.1, -0.05) is 36.8 Å². The van der Waals surface area contributed by atoms with Crippen LogP contribution in [0.1, 0.15) is 40.9 Å². The fourth-order valence-electron chi connectivity index (χ4n) is 2.91. The summed E-state index contributed by atoms with van der Waals surface area (Å²) in [4.78, 5) is 18.5. The SMILES string of the molecule is O=C(NCc1ccc(CN2CCCCC2)cc1)c1ccccn1. The molecule has 0 aliphatic carbocycles. The van der Waals surface area contributed by atoms with Crippen molar-refractivity contribution in [3.8, 4) is 0 Å². The minimum absolute atomic E-state index is 0.136. The number of likely N-dealkylation sites (tertiary alicyclic amines) is 1. The molecule has 1 saturated heterocycles. The molecule has 2 aromatic rings. The van der Waals surface area contributed by atoms with Crippen LogP contribution in [0.5, 0.6) is 0 Å². The van der Waals surface area contributed by atoms with Crippen molar-refractivity contribution < 1.29 is 4.79 Å². The normalized spacial score (nSPS) is 15.3. The van der Waals surface area contributed by atoms with Crippen molar-refractivity contribution in [2.75, 3.05) is 13.1 Å². The molecule has 1 aromatic carbocycles.